The van der Waals surface area contributed by atoms with Crippen molar-refractivity contribution >= 4 is 31.8 Å². The van der Waals surface area contributed by atoms with Crippen LogP contribution in [0.5, 0.6) is 0 Å². The fourth-order valence-corrected chi connectivity index (χ4v) is 3.54. The molecule has 0 bridgehead atoms. The van der Waals surface area contributed by atoms with Gasteiger partial charge in [0.2, 0.25) is 0 Å². The van der Waals surface area contributed by atoms with Crippen molar-refractivity contribution in [2.75, 3.05) is 10.5 Å². The van der Waals surface area contributed by atoms with Crippen LogP contribution < -0.4 is 10.5 Å². The number of benzene rings is 2. The molecule has 10 heteroatoms. The standard InChI is InChI=1S/C17H22N2O2S.H2O4S/c1-4-13-10-15(18)11-14(5-2)17(13)19-22(20,21)16-8-6-12(3)7-9-16;1-5(2,3)4/h6-11,19H,4-5,18H2,1-3H3;(H2,1,2,3,4). The number of hydrogen-bond donors (Lipinski definition) is 4. The number of sulfonamides is 1. The van der Waals surface area contributed by atoms with E-state index in [9.17, 15) is 8.42 Å². The molecule has 0 aromatic heterocycles. The van der Waals surface area contributed by atoms with Crippen molar-refractivity contribution in [3.63, 3.8) is 0 Å². The van der Waals surface area contributed by atoms with Crippen LogP contribution in [0.4, 0.5) is 11.4 Å². The Labute approximate surface area is 160 Å². The normalized spacial score (nSPS) is 11.4. The highest BCUT2D eigenvalue weighted by Crippen LogP contribution is 2.28. The SMILES string of the molecule is CCc1cc(N)cc(CC)c1NS(=O)(=O)c1ccc(C)cc1.O=S(=O)(O)O. The summed E-state index contributed by atoms with van der Waals surface area (Å²) in [6, 6.07) is 10.5. The van der Waals surface area contributed by atoms with Crippen LogP contribution in [0, 0.1) is 6.92 Å². The molecule has 0 aliphatic carbocycles. The molecule has 0 unspecified atom stereocenters. The molecule has 0 aliphatic rings. The maximum absolute atomic E-state index is 12.6. The highest BCUT2D eigenvalue weighted by molar-refractivity contribution is 7.92. The lowest BCUT2D eigenvalue weighted by Gasteiger charge is -2.17. The zero-order valence-electron chi connectivity index (χ0n) is 15.3. The van der Waals surface area contributed by atoms with Crippen LogP contribution in [0.3, 0.4) is 0 Å². The molecule has 0 atom stereocenters. The Balaban J connectivity index is 0.000000646. The summed E-state index contributed by atoms with van der Waals surface area (Å²) in [6.07, 6.45) is 1.42. The second-order valence-electron chi connectivity index (χ2n) is 5.79. The molecule has 0 saturated heterocycles. The zero-order valence-corrected chi connectivity index (χ0v) is 16.9. The lowest BCUT2D eigenvalue weighted by atomic mass is 10.0. The smallest absolute Gasteiger partial charge is 0.394 e. The van der Waals surface area contributed by atoms with E-state index in [-0.39, 0.29) is 4.90 Å². The molecular formula is C17H24N2O6S2. The molecule has 0 heterocycles. The molecular weight excluding hydrogens is 392 g/mol. The van der Waals surface area contributed by atoms with E-state index in [2.05, 4.69) is 4.72 Å². The van der Waals surface area contributed by atoms with E-state index in [1.54, 1.807) is 24.3 Å². The van der Waals surface area contributed by atoms with Gasteiger partial charge in [0.05, 0.1) is 10.6 Å². The minimum absolute atomic E-state index is 0.263. The van der Waals surface area contributed by atoms with E-state index in [0.717, 1.165) is 16.7 Å². The van der Waals surface area contributed by atoms with Crippen molar-refractivity contribution in [1.29, 1.82) is 0 Å². The number of anilines is 2. The van der Waals surface area contributed by atoms with Gasteiger partial charge in [-0.1, -0.05) is 31.5 Å². The summed E-state index contributed by atoms with van der Waals surface area (Å²) in [5, 5.41) is 0. The van der Waals surface area contributed by atoms with Crippen LogP contribution in [0.1, 0.15) is 30.5 Å². The fourth-order valence-electron chi connectivity index (χ4n) is 2.39. The van der Waals surface area contributed by atoms with Crippen LogP contribution >= 0.6 is 0 Å². The minimum Gasteiger partial charge on any atom is -0.399 e. The number of hydrogen-bond acceptors (Lipinski definition) is 5. The number of aryl methyl sites for hydroxylation is 3. The van der Waals surface area contributed by atoms with Gasteiger partial charge in [-0.3, -0.25) is 13.8 Å². The van der Waals surface area contributed by atoms with E-state index in [0.29, 0.717) is 24.2 Å². The lowest BCUT2D eigenvalue weighted by Crippen LogP contribution is -2.16. The Bertz CT molecular complexity index is 952. The van der Waals surface area contributed by atoms with Crippen molar-refractivity contribution < 1.29 is 25.9 Å². The van der Waals surface area contributed by atoms with Gasteiger partial charge in [-0.05, 0) is 55.2 Å². The van der Waals surface area contributed by atoms with Gasteiger partial charge in [0.25, 0.3) is 10.0 Å². The lowest BCUT2D eigenvalue weighted by molar-refractivity contribution is 0.381. The third kappa shape index (κ3) is 7.55. The van der Waals surface area contributed by atoms with Gasteiger partial charge in [-0.25, -0.2) is 8.42 Å². The summed E-state index contributed by atoms with van der Waals surface area (Å²) in [5.74, 6) is 0. The second kappa shape index (κ2) is 9.18. The highest BCUT2D eigenvalue weighted by atomic mass is 32.3. The molecule has 0 radical (unpaired) electrons. The molecule has 0 aliphatic heterocycles. The first kappa shape index (κ1) is 22.9. The molecule has 8 nitrogen and oxygen atoms in total. The van der Waals surface area contributed by atoms with Crippen molar-refractivity contribution in [3.05, 3.63) is 53.1 Å². The van der Waals surface area contributed by atoms with Gasteiger partial charge in [-0.15, -0.1) is 0 Å². The van der Waals surface area contributed by atoms with Gasteiger partial charge < -0.3 is 5.73 Å². The molecule has 150 valence electrons. The molecule has 27 heavy (non-hydrogen) atoms. The summed E-state index contributed by atoms with van der Waals surface area (Å²) in [6.45, 7) is 5.89. The summed E-state index contributed by atoms with van der Waals surface area (Å²) in [4.78, 5) is 0.263. The van der Waals surface area contributed by atoms with E-state index < -0.39 is 20.4 Å². The van der Waals surface area contributed by atoms with Crippen molar-refractivity contribution in [2.45, 2.75) is 38.5 Å². The second-order valence-corrected chi connectivity index (χ2v) is 8.37. The minimum atomic E-state index is -4.67. The van der Waals surface area contributed by atoms with Crippen molar-refractivity contribution in [1.82, 2.24) is 0 Å². The molecule has 0 spiro atoms. The highest BCUT2D eigenvalue weighted by Gasteiger charge is 2.18. The van der Waals surface area contributed by atoms with Crippen LogP contribution in [0.2, 0.25) is 0 Å². The Morgan fingerprint density at radius 3 is 1.70 bits per heavy atom. The molecule has 0 amide bonds. The van der Waals surface area contributed by atoms with E-state index in [1.165, 1.54) is 0 Å². The predicted octanol–water partition coefficient (Wildman–Crippen LogP) is 2.85. The third-order valence-corrected chi connectivity index (χ3v) is 5.02. The summed E-state index contributed by atoms with van der Waals surface area (Å²) >= 11 is 0. The summed E-state index contributed by atoms with van der Waals surface area (Å²) in [7, 11) is -8.27. The maximum Gasteiger partial charge on any atom is 0.394 e. The van der Waals surface area contributed by atoms with Gasteiger partial charge in [-0.2, -0.15) is 8.42 Å². The van der Waals surface area contributed by atoms with E-state index in [1.807, 2.05) is 32.9 Å². The fraction of sp³-hybridized carbons (Fsp3) is 0.294. The predicted molar refractivity (Wildman–Crippen MR) is 106 cm³/mol. The van der Waals surface area contributed by atoms with Crippen molar-refractivity contribution in [3.8, 4) is 0 Å². The first-order chi connectivity index (χ1) is 12.4. The first-order valence-electron chi connectivity index (χ1n) is 8.08. The Morgan fingerprint density at radius 1 is 0.926 bits per heavy atom. The van der Waals surface area contributed by atoms with Gasteiger partial charge >= 0.3 is 10.4 Å². The Hall–Kier alpha value is -2.14. The zero-order chi connectivity index (χ0) is 20.8. The molecule has 2 rings (SSSR count). The Kier molecular flexibility index (Phi) is 7.78. The number of nitrogens with two attached hydrogens (primary N) is 1. The van der Waals surface area contributed by atoms with Gasteiger partial charge in [0.15, 0.2) is 0 Å². The molecule has 0 fully saturated rings. The Morgan fingerprint density at radius 2 is 1.33 bits per heavy atom. The average molecular weight is 417 g/mol. The number of nitrogen functional groups attached to an aromatic ring is 1. The number of rotatable bonds is 5. The maximum atomic E-state index is 12.6. The monoisotopic (exact) mass is 416 g/mol. The van der Waals surface area contributed by atoms with Crippen molar-refractivity contribution in [2.24, 2.45) is 0 Å². The summed E-state index contributed by atoms with van der Waals surface area (Å²) < 4.78 is 59.5. The third-order valence-electron chi connectivity index (χ3n) is 3.65. The number of nitrogens with one attached hydrogen (secondary N) is 1. The average Bonchev–Trinajstić information content (AvgIpc) is 2.54. The quantitative estimate of drug-likeness (QED) is 0.433. The van der Waals surface area contributed by atoms with Gasteiger partial charge in [0, 0.05) is 5.69 Å². The molecule has 5 N–H and O–H groups in total. The van der Waals surface area contributed by atoms with Crippen LogP contribution in [0.25, 0.3) is 0 Å². The van der Waals surface area contributed by atoms with Crippen LogP contribution in [-0.4, -0.2) is 25.9 Å². The van der Waals surface area contributed by atoms with E-state index >= 15 is 0 Å². The topological polar surface area (TPSA) is 147 Å². The molecule has 2 aromatic carbocycles. The van der Waals surface area contributed by atoms with Crippen LogP contribution in [-0.2, 0) is 33.3 Å². The molecule has 2 aromatic rings. The largest absolute Gasteiger partial charge is 0.399 e. The van der Waals surface area contributed by atoms with E-state index in [4.69, 9.17) is 23.3 Å². The first-order valence-corrected chi connectivity index (χ1v) is 11.0. The summed E-state index contributed by atoms with van der Waals surface area (Å²) in [5.41, 5.74) is 10.0. The molecule has 0 saturated carbocycles. The van der Waals surface area contributed by atoms with Gasteiger partial charge in [0.1, 0.15) is 0 Å². The van der Waals surface area contributed by atoms with Crippen LogP contribution in [0.15, 0.2) is 41.3 Å².